The van der Waals surface area contributed by atoms with Gasteiger partial charge < -0.3 is 4.74 Å². The SMILES string of the molecule is C=CCc1ccccc1OCC(=O)N/N=C/c1ccc(Cl)cc1. The van der Waals surface area contributed by atoms with Gasteiger partial charge in [-0.3, -0.25) is 4.79 Å². The maximum Gasteiger partial charge on any atom is 0.277 e. The van der Waals surface area contributed by atoms with Gasteiger partial charge in [0, 0.05) is 5.02 Å². The van der Waals surface area contributed by atoms with E-state index in [-0.39, 0.29) is 12.5 Å². The Bertz CT molecular complexity index is 696. The summed E-state index contributed by atoms with van der Waals surface area (Å²) in [5, 5.41) is 4.53. The third-order valence-electron chi connectivity index (χ3n) is 2.97. The van der Waals surface area contributed by atoms with Gasteiger partial charge in [0.1, 0.15) is 5.75 Å². The lowest BCUT2D eigenvalue weighted by atomic mass is 10.1. The van der Waals surface area contributed by atoms with Crippen LogP contribution in [0.15, 0.2) is 66.3 Å². The fraction of sp³-hybridized carbons (Fsp3) is 0.111. The van der Waals surface area contributed by atoms with Crippen LogP contribution in [0.3, 0.4) is 0 Å². The maximum atomic E-state index is 11.7. The van der Waals surface area contributed by atoms with Crippen LogP contribution in [0.1, 0.15) is 11.1 Å². The van der Waals surface area contributed by atoms with Crippen molar-refractivity contribution in [3.63, 3.8) is 0 Å². The molecule has 2 aromatic rings. The zero-order valence-electron chi connectivity index (χ0n) is 12.5. The van der Waals surface area contributed by atoms with Crippen molar-refractivity contribution in [2.75, 3.05) is 6.61 Å². The number of nitrogens with zero attached hydrogens (tertiary/aromatic N) is 1. The number of allylic oxidation sites excluding steroid dienone is 1. The van der Waals surface area contributed by atoms with Crippen molar-refractivity contribution < 1.29 is 9.53 Å². The number of nitrogens with one attached hydrogen (secondary N) is 1. The average Bonchev–Trinajstić information content (AvgIpc) is 2.56. The molecule has 0 spiro atoms. The van der Waals surface area contributed by atoms with Crippen molar-refractivity contribution in [2.45, 2.75) is 6.42 Å². The van der Waals surface area contributed by atoms with E-state index in [1.165, 1.54) is 0 Å². The Morgan fingerprint density at radius 2 is 1.96 bits per heavy atom. The monoisotopic (exact) mass is 328 g/mol. The number of hydrogen-bond donors (Lipinski definition) is 1. The molecule has 0 radical (unpaired) electrons. The first-order valence-electron chi connectivity index (χ1n) is 7.08. The first-order valence-corrected chi connectivity index (χ1v) is 7.46. The molecule has 2 rings (SSSR count). The topological polar surface area (TPSA) is 50.7 Å². The summed E-state index contributed by atoms with van der Waals surface area (Å²) in [6.07, 6.45) is 4.02. The number of benzene rings is 2. The van der Waals surface area contributed by atoms with E-state index in [0.29, 0.717) is 17.2 Å². The van der Waals surface area contributed by atoms with Crippen LogP contribution in [0.4, 0.5) is 0 Å². The molecule has 0 aliphatic rings. The van der Waals surface area contributed by atoms with E-state index in [0.717, 1.165) is 11.1 Å². The first kappa shape index (κ1) is 16.8. The van der Waals surface area contributed by atoms with E-state index in [1.807, 2.05) is 24.3 Å². The van der Waals surface area contributed by atoms with Crippen molar-refractivity contribution in [3.8, 4) is 5.75 Å². The van der Waals surface area contributed by atoms with Crippen molar-refractivity contribution in [2.24, 2.45) is 5.10 Å². The molecule has 0 saturated heterocycles. The number of rotatable bonds is 7. The normalized spacial score (nSPS) is 10.5. The van der Waals surface area contributed by atoms with Crippen LogP contribution in [0, 0.1) is 0 Å². The zero-order valence-corrected chi connectivity index (χ0v) is 13.3. The van der Waals surface area contributed by atoms with Gasteiger partial charge in [-0.25, -0.2) is 5.43 Å². The Morgan fingerprint density at radius 1 is 1.22 bits per heavy atom. The predicted molar refractivity (Wildman–Crippen MR) is 93.0 cm³/mol. The summed E-state index contributed by atoms with van der Waals surface area (Å²) in [7, 11) is 0. The number of hydrazone groups is 1. The van der Waals surface area contributed by atoms with Crippen LogP contribution < -0.4 is 10.2 Å². The number of amides is 1. The van der Waals surface area contributed by atoms with Gasteiger partial charge >= 0.3 is 0 Å². The summed E-state index contributed by atoms with van der Waals surface area (Å²) >= 11 is 5.79. The van der Waals surface area contributed by atoms with Crippen LogP contribution in [-0.2, 0) is 11.2 Å². The quantitative estimate of drug-likeness (QED) is 0.479. The fourth-order valence-corrected chi connectivity index (χ4v) is 2.00. The number of hydrogen-bond acceptors (Lipinski definition) is 3. The molecule has 1 amide bonds. The molecule has 1 N–H and O–H groups in total. The average molecular weight is 329 g/mol. The van der Waals surface area contributed by atoms with Crippen LogP contribution >= 0.6 is 11.6 Å². The van der Waals surface area contributed by atoms with Crippen molar-refractivity contribution >= 4 is 23.7 Å². The Balaban J connectivity index is 1.83. The molecule has 0 aromatic heterocycles. The molecule has 0 saturated carbocycles. The van der Waals surface area contributed by atoms with Crippen LogP contribution in [0.2, 0.25) is 5.02 Å². The van der Waals surface area contributed by atoms with Gasteiger partial charge in [-0.15, -0.1) is 6.58 Å². The van der Waals surface area contributed by atoms with E-state index in [4.69, 9.17) is 16.3 Å². The summed E-state index contributed by atoms with van der Waals surface area (Å²) in [4.78, 5) is 11.7. The second kappa shape index (κ2) is 8.76. The smallest absolute Gasteiger partial charge is 0.277 e. The molecular weight excluding hydrogens is 312 g/mol. The third-order valence-corrected chi connectivity index (χ3v) is 3.22. The Hall–Kier alpha value is -2.59. The number of carbonyl (C=O) groups excluding carboxylic acids is 1. The second-order valence-corrected chi connectivity index (χ2v) is 5.17. The van der Waals surface area contributed by atoms with E-state index >= 15 is 0 Å². The number of para-hydroxylation sites is 1. The summed E-state index contributed by atoms with van der Waals surface area (Å²) in [5.74, 6) is 0.341. The zero-order chi connectivity index (χ0) is 16.5. The highest BCUT2D eigenvalue weighted by molar-refractivity contribution is 6.30. The molecule has 0 bridgehead atoms. The van der Waals surface area contributed by atoms with E-state index in [9.17, 15) is 4.79 Å². The third kappa shape index (κ3) is 5.60. The largest absolute Gasteiger partial charge is 0.483 e. The van der Waals surface area contributed by atoms with Crippen molar-refractivity contribution in [1.82, 2.24) is 5.43 Å². The van der Waals surface area contributed by atoms with Crippen molar-refractivity contribution in [1.29, 1.82) is 0 Å². The molecule has 5 heteroatoms. The minimum atomic E-state index is -0.330. The molecule has 4 nitrogen and oxygen atoms in total. The maximum absolute atomic E-state index is 11.7. The first-order chi connectivity index (χ1) is 11.2. The van der Waals surface area contributed by atoms with Gasteiger partial charge in [-0.1, -0.05) is 48.0 Å². The highest BCUT2D eigenvalue weighted by Crippen LogP contribution is 2.18. The van der Waals surface area contributed by atoms with E-state index in [2.05, 4.69) is 17.1 Å². The Labute approximate surface area is 140 Å². The minimum Gasteiger partial charge on any atom is -0.483 e. The summed E-state index contributed by atoms with van der Waals surface area (Å²) < 4.78 is 5.52. The van der Waals surface area contributed by atoms with Crippen LogP contribution in [0.5, 0.6) is 5.75 Å². The predicted octanol–water partition coefficient (Wildman–Crippen LogP) is 3.60. The van der Waals surface area contributed by atoms with Gasteiger partial charge in [0.05, 0.1) is 6.21 Å². The molecule has 2 aromatic carbocycles. The Morgan fingerprint density at radius 3 is 2.70 bits per heavy atom. The van der Waals surface area contributed by atoms with E-state index < -0.39 is 0 Å². The van der Waals surface area contributed by atoms with Gasteiger partial charge in [0.15, 0.2) is 6.61 Å². The van der Waals surface area contributed by atoms with Gasteiger partial charge in [-0.2, -0.15) is 5.10 Å². The number of halogens is 1. The Kier molecular flexibility index (Phi) is 6.39. The fourth-order valence-electron chi connectivity index (χ4n) is 1.87. The molecule has 0 atom stereocenters. The highest BCUT2D eigenvalue weighted by Gasteiger charge is 2.04. The summed E-state index contributed by atoms with van der Waals surface area (Å²) in [6.45, 7) is 3.60. The lowest BCUT2D eigenvalue weighted by Crippen LogP contribution is -2.24. The van der Waals surface area contributed by atoms with Crippen molar-refractivity contribution in [3.05, 3.63) is 77.3 Å². The molecule has 0 heterocycles. The lowest BCUT2D eigenvalue weighted by Gasteiger charge is -2.09. The minimum absolute atomic E-state index is 0.105. The number of carbonyl (C=O) groups is 1. The molecular formula is C18H17ClN2O2. The second-order valence-electron chi connectivity index (χ2n) is 4.73. The molecule has 0 fully saturated rings. The molecule has 118 valence electrons. The summed E-state index contributed by atoms with van der Waals surface area (Å²) in [6, 6.07) is 14.7. The molecule has 23 heavy (non-hydrogen) atoms. The van der Waals surface area contributed by atoms with E-state index in [1.54, 1.807) is 36.6 Å². The summed E-state index contributed by atoms with van der Waals surface area (Å²) in [5.41, 5.74) is 4.25. The van der Waals surface area contributed by atoms with Crippen LogP contribution in [0.25, 0.3) is 0 Å². The highest BCUT2D eigenvalue weighted by atomic mass is 35.5. The van der Waals surface area contributed by atoms with Gasteiger partial charge in [0.2, 0.25) is 0 Å². The van der Waals surface area contributed by atoms with Gasteiger partial charge in [-0.05, 0) is 35.7 Å². The molecule has 0 unspecified atom stereocenters. The molecule has 0 aliphatic carbocycles. The van der Waals surface area contributed by atoms with Gasteiger partial charge in [0.25, 0.3) is 5.91 Å². The van der Waals surface area contributed by atoms with Crippen LogP contribution in [-0.4, -0.2) is 18.7 Å². The molecule has 0 aliphatic heterocycles. The lowest BCUT2D eigenvalue weighted by molar-refractivity contribution is -0.123. The standard InChI is InChI=1S/C18H17ClN2O2/c1-2-5-15-6-3-4-7-17(15)23-13-18(22)21-20-12-14-8-10-16(19)11-9-14/h2-4,6-12H,1,5,13H2,(H,21,22)/b20-12+. The number of ether oxygens (including phenoxy) is 1.